The van der Waals surface area contributed by atoms with Crippen molar-refractivity contribution in [2.45, 2.75) is 42.0 Å². The van der Waals surface area contributed by atoms with E-state index in [2.05, 4.69) is 22.8 Å². The lowest BCUT2D eigenvalue weighted by Gasteiger charge is -2.40. The predicted molar refractivity (Wildman–Crippen MR) is 125 cm³/mol. The Labute approximate surface area is 192 Å². The van der Waals surface area contributed by atoms with Gasteiger partial charge in [-0.05, 0) is 72.7 Å². The molecule has 1 amide bonds. The van der Waals surface area contributed by atoms with Gasteiger partial charge in [-0.1, -0.05) is 17.4 Å². The number of fused-ring (bicyclic) bond motifs is 6. The highest BCUT2D eigenvalue weighted by atomic mass is 32.2. The molecule has 4 unspecified atom stereocenters. The lowest BCUT2D eigenvalue weighted by Crippen LogP contribution is -2.34. The number of benzene rings is 1. The number of carbonyl (C=O) groups excluding carboxylic acids is 1. The van der Waals surface area contributed by atoms with Crippen molar-refractivity contribution in [3.63, 3.8) is 0 Å². The maximum absolute atomic E-state index is 13.0. The molecule has 2 fully saturated rings. The Balaban J connectivity index is 1.34. The molecule has 5 atom stereocenters. The van der Waals surface area contributed by atoms with E-state index in [9.17, 15) is 14.7 Å². The Kier molecular flexibility index (Phi) is 4.77. The summed E-state index contributed by atoms with van der Waals surface area (Å²) in [6, 6.07) is 10.7. The van der Waals surface area contributed by atoms with Crippen molar-refractivity contribution in [1.29, 1.82) is 0 Å². The van der Waals surface area contributed by atoms with Crippen LogP contribution < -0.4 is 10.2 Å². The van der Waals surface area contributed by atoms with Gasteiger partial charge in [-0.15, -0.1) is 23.1 Å². The fraction of sp³-hybridized carbons (Fsp3) is 0.391. The van der Waals surface area contributed by atoms with Crippen LogP contribution in [0, 0.1) is 17.8 Å². The number of rotatable bonds is 4. The second kappa shape index (κ2) is 7.53. The van der Waals surface area contributed by atoms with Crippen LogP contribution in [-0.4, -0.2) is 20.8 Å². The number of thiazole rings is 1. The van der Waals surface area contributed by atoms with Crippen LogP contribution in [-0.2, 0) is 11.3 Å². The van der Waals surface area contributed by atoms with Crippen LogP contribution >= 0.6 is 34.4 Å². The molecule has 2 bridgehead atoms. The van der Waals surface area contributed by atoms with E-state index in [4.69, 9.17) is 0 Å². The molecule has 0 saturated heterocycles. The molecule has 31 heavy (non-hydrogen) atoms. The Bertz CT molecular complexity index is 1180. The van der Waals surface area contributed by atoms with Crippen molar-refractivity contribution in [3.05, 3.63) is 61.2 Å². The van der Waals surface area contributed by atoms with Gasteiger partial charge in [-0.2, -0.15) is 0 Å². The topological polar surface area (TPSA) is 71.3 Å². The van der Waals surface area contributed by atoms with Crippen LogP contribution in [0.5, 0.6) is 5.75 Å². The number of hydrogen-bond donors (Lipinski definition) is 2. The van der Waals surface area contributed by atoms with E-state index in [0.29, 0.717) is 16.9 Å². The predicted octanol–water partition coefficient (Wildman–Crippen LogP) is 4.97. The number of nitrogens with zero attached hydrogens (tertiary/aromatic N) is 1. The molecular formula is C23H22N2O3S3. The molecule has 2 saturated carbocycles. The van der Waals surface area contributed by atoms with E-state index >= 15 is 0 Å². The Morgan fingerprint density at radius 3 is 2.74 bits per heavy atom. The second-order valence-electron chi connectivity index (χ2n) is 8.70. The molecular weight excluding hydrogens is 448 g/mol. The third-order valence-electron chi connectivity index (χ3n) is 6.99. The molecule has 8 heteroatoms. The number of anilines is 1. The molecule has 0 radical (unpaired) electrons. The SMILES string of the molecule is O=C(Cn1c2c(sc1=O)[C@@H](c1cccs1)C1C3CCC(C3)C1S2)Nc1ccc(O)cc1. The number of aromatic hydroxyl groups is 1. The average Bonchev–Trinajstić information content (AvgIpc) is 3.54. The Morgan fingerprint density at radius 1 is 1.16 bits per heavy atom. The zero-order valence-corrected chi connectivity index (χ0v) is 19.1. The number of hydrogen-bond acceptors (Lipinski definition) is 6. The summed E-state index contributed by atoms with van der Waals surface area (Å²) in [7, 11) is 0. The first-order valence-corrected chi connectivity index (χ1v) is 13.2. The molecule has 5 nitrogen and oxygen atoms in total. The van der Waals surface area contributed by atoms with Gasteiger partial charge >= 0.3 is 4.87 Å². The van der Waals surface area contributed by atoms with E-state index in [1.54, 1.807) is 28.0 Å². The third-order valence-corrected chi connectivity index (χ3v) is 10.8. The lowest BCUT2D eigenvalue weighted by atomic mass is 9.77. The molecule has 3 aliphatic rings. The van der Waals surface area contributed by atoms with Crippen LogP contribution in [0.4, 0.5) is 5.69 Å². The van der Waals surface area contributed by atoms with Gasteiger partial charge in [0.15, 0.2) is 0 Å². The number of thiophene rings is 1. The number of nitrogens with one attached hydrogen (secondary N) is 1. The summed E-state index contributed by atoms with van der Waals surface area (Å²) in [6.07, 6.45) is 3.92. The minimum absolute atomic E-state index is 0.0151. The summed E-state index contributed by atoms with van der Waals surface area (Å²) in [5.74, 6) is 2.30. The van der Waals surface area contributed by atoms with Crippen molar-refractivity contribution < 1.29 is 9.90 Å². The van der Waals surface area contributed by atoms with Crippen LogP contribution in [0.3, 0.4) is 0 Å². The number of phenolic OH excluding ortho intramolecular Hbond substituents is 1. The highest BCUT2D eigenvalue weighted by Crippen LogP contribution is 2.64. The van der Waals surface area contributed by atoms with E-state index in [1.165, 1.54) is 47.6 Å². The summed E-state index contributed by atoms with van der Waals surface area (Å²) in [5.41, 5.74) is 0.609. The van der Waals surface area contributed by atoms with E-state index in [0.717, 1.165) is 21.7 Å². The normalized spacial score (nSPS) is 28.3. The minimum atomic E-state index is -0.225. The Hall–Kier alpha value is -2.03. The number of phenols is 1. The number of thioether (sulfide) groups is 1. The largest absolute Gasteiger partial charge is 0.508 e. The number of aromatic nitrogens is 1. The van der Waals surface area contributed by atoms with Gasteiger partial charge in [0.2, 0.25) is 5.91 Å². The van der Waals surface area contributed by atoms with Crippen LogP contribution in [0.25, 0.3) is 0 Å². The van der Waals surface area contributed by atoms with Crippen molar-refractivity contribution in [2.75, 3.05) is 5.32 Å². The molecule has 3 heterocycles. The molecule has 1 aromatic carbocycles. The molecule has 3 aromatic rings. The summed E-state index contributed by atoms with van der Waals surface area (Å²) < 4.78 is 1.68. The maximum atomic E-state index is 13.0. The smallest absolute Gasteiger partial charge is 0.308 e. The zero-order valence-electron chi connectivity index (χ0n) is 16.7. The third kappa shape index (κ3) is 3.27. The molecule has 1 aliphatic heterocycles. The minimum Gasteiger partial charge on any atom is -0.508 e. The lowest BCUT2D eigenvalue weighted by molar-refractivity contribution is -0.116. The van der Waals surface area contributed by atoms with Gasteiger partial charge in [-0.25, -0.2) is 0 Å². The average molecular weight is 471 g/mol. The summed E-state index contributed by atoms with van der Waals surface area (Å²) >= 11 is 4.97. The fourth-order valence-electron chi connectivity index (χ4n) is 5.76. The standard InChI is InChI=1S/C23H22N2O3S3/c26-15-7-5-14(6-8-15)24-17(27)11-25-22-21(31-23(25)28)19(16-2-1-9-29-16)18-12-3-4-13(10-12)20(18)30-22/h1-2,5-9,12-13,18-20,26H,3-4,10-11H2,(H,24,27)/t12?,13?,18?,19-,20?/m0/s1. The molecule has 2 N–H and O–H groups in total. The maximum Gasteiger partial charge on any atom is 0.308 e. The molecule has 6 rings (SSSR count). The van der Waals surface area contributed by atoms with Gasteiger partial charge in [0.25, 0.3) is 0 Å². The molecule has 160 valence electrons. The van der Waals surface area contributed by atoms with Crippen molar-refractivity contribution >= 4 is 46.0 Å². The highest BCUT2D eigenvalue weighted by molar-refractivity contribution is 8.00. The number of carbonyl (C=O) groups is 1. The van der Waals surface area contributed by atoms with Crippen LogP contribution in [0.15, 0.2) is 51.6 Å². The van der Waals surface area contributed by atoms with Crippen molar-refractivity contribution in [2.24, 2.45) is 17.8 Å². The molecule has 2 aromatic heterocycles. The van der Waals surface area contributed by atoms with E-state index in [1.807, 2.05) is 11.8 Å². The monoisotopic (exact) mass is 470 g/mol. The first-order chi connectivity index (χ1) is 15.1. The van der Waals surface area contributed by atoms with Crippen LogP contribution in [0.1, 0.15) is 34.9 Å². The first-order valence-electron chi connectivity index (χ1n) is 10.6. The van der Waals surface area contributed by atoms with Gasteiger partial charge in [0.1, 0.15) is 12.3 Å². The summed E-state index contributed by atoms with van der Waals surface area (Å²) in [6.45, 7) is 0.0151. The fourth-order valence-corrected chi connectivity index (χ4v) is 9.87. The quantitative estimate of drug-likeness (QED) is 0.528. The van der Waals surface area contributed by atoms with Crippen molar-refractivity contribution in [1.82, 2.24) is 4.57 Å². The zero-order chi connectivity index (χ0) is 21.1. The van der Waals surface area contributed by atoms with Gasteiger partial charge in [0, 0.05) is 26.6 Å². The van der Waals surface area contributed by atoms with E-state index in [-0.39, 0.29) is 29.0 Å². The second-order valence-corrected chi connectivity index (χ2v) is 11.8. The number of amides is 1. The molecule has 0 spiro atoms. The first kappa shape index (κ1) is 19.6. The summed E-state index contributed by atoms with van der Waals surface area (Å²) in [4.78, 5) is 28.2. The Morgan fingerprint density at radius 2 is 1.97 bits per heavy atom. The van der Waals surface area contributed by atoms with Gasteiger partial charge in [-0.3, -0.25) is 14.2 Å². The van der Waals surface area contributed by atoms with Gasteiger partial charge < -0.3 is 10.4 Å². The van der Waals surface area contributed by atoms with Gasteiger partial charge in [0.05, 0.1) is 5.03 Å². The summed E-state index contributed by atoms with van der Waals surface area (Å²) in [5, 5.41) is 15.9. The van der Waals surface area contributed by atoms with Crippen LogP contribution in [0.2, 0.25) is 0 Å². The molecule has 2 aliphatic carbocycles. The van der Waals surface area contributed by atoms with E-state index < -0.39 is 0 Å². The highest BCUT2D eigenvalue weighted by Gasteiger charge is 2.55. The van der Waals surface area contributed by atoms with Crippen molar-refractivity contribution in [3.8, 4) is 5.75 Å².